The molecule has 0 radical (unpaired) electrons. The summed E-state index contributed by atoms with van der Waals surface area (Å²) in [5.41, 5.74) is 0.716. The summed E-state index contributed by atoms with van der Waals surface area (Å²) in [6, 6.07) is 6.00. The number of benzene rings is 1. The van der Waals surface area contributed by atoms with Crippen LogP contribution in [0.5, 0.6) is 0 Å². The number of morpholine rings is 1. The van der Waals surface area contributed by atoms with E-state index < -0.39 is 0 Å². The van der Waals surface area contributed by atoms with E-state index in [1.54, 1.807) is 16.8 Å². The lowest BCUT2D eigenvalue weighted by Crippen LogP contribution is -3.13. The second-order valence-corrected chi connectivity index (χ2v) is 5.05. The molecule has 1 fully saturated rings. The molecule has 3 rings (SSSR count). The van der Waals surface area contributed by atoms with Gasteiger partial charge in [0.05, 0.1) is 13.2 Å². The summed E-state index contributed by atoms with van der Waals surface area (Å²) in [4.78, 5) is 1.69. The second-order valence-electron chi connectivity index (χ2n) is 4.70. The van der Waals surface area contributed by atoms with E-state index in [1.807, 2.05) is 0 Å². The summed E-state index contributed by atoms with van der Waals surface area (Å²) in [5.74, 6) is 0.132. The fourth-order valence-electron chi connectivity index (χ4n) is 2.15. The Bertz CT molecular complexity index is 632. The van der Waals surface area contributed by atoms with Crippen molar-refractivity contribution in [2.75, 3.05) is 26.3 Å². The van der Waals surface area contributed by atoms with Crippen LogP contribution in [0.4, 0.5) is 4.39 Å². The van der Waals surface area contributed by atoms with Crippen LogP contribution in [-0.2, 0) is 11.4 Å². The Morgan fingerprint density at radius 3 is 2.65 bits per heavy atom. The van der Waals surface area contributed by atoms with E-state index in [0.29, 0.717) is 23.0 Å². The van der Waals surface area contributed by atoms with Crippen molar-refractivity contribution in [1.29, 1.82) is 0 Å². The van der Waals surface area contributed by atoms with Gasteiger partial charge < -0.3 is 14.1 Å². The van der Waals surface area contributed by atoms with Gasteiger partial charge in [0, 0.05) is 5.56 Å². The van der Waals surface area contributed by atoms with E-state index in [0.717, 1.165) is 26.3 Å². The Morgan fingerprint density at radius 2 is 1.95 bits per heavy atom. The SMILES string of the molecule is Fc1ccc(-c2nn(C[NH+]3CCOCC3)c(=S)o2)cc1. The topological polar surface area (TPSA) is 44.6 Å². The molecule has 1 aliphatic heterocycles. The number of ether oxygens (including phenoxy) is 1. The summed E-state index contributed by atoms with van der Waals surface area (Å²) in [5, 5.41) is 4.37. The van der Waals surface area contributed by atoms with Crippen LogP contribution in [0.15, 0.2) is 28.7 Å². The number of aromatic nitrogens is 2. The molecule has 0 atom stereocenters. The van der Waals surface area contributed by atoms with Crippen LogP contribution in [0.25, 0.3) is 11.5 Å². The van der Waals surface area contributed by atoms with Crippen LogP contribution in [0.2, 0.25) is 0 Å². The maximum absolute atomic E-state index is 12.9. The molecule has 1 N–H and O–H groups in total. The lowest BCUT2D eigenvalue weighted by Gasteiger charge is -2.22. The molecule has 0 saturated carbocycles. The molecule has 0 aliphatic carbocycles. The van der Waals surface area contributed by atoms with Gasteiger partial charge in [-0.1, -0.05) is 0 Å². The average molecular weight is 296 g/mol. The van der Waals surface area contributed by atoms with Gasteiger partial charge in [0.25, 0.3) is 4.84 Å². The molecule has 1 aromatic carbocycles. The second kappa shape index (κ2) is 5.82. The zero-order valence-electron chi connectivity index (χ0n) is 10.8. The van der Waals surface area contributed by atoms with Gasteiger partial charge in [0.15, 0.2) is 6.67 Å². The molecule has 0 unspecified atom stereocenters. The molecular weight excluding hydrogens is 281 g/mol. The first-order valence-electron chi connectivity index (χ1n) is 6.47. The Hall–Kier alpha value is -1.57. The molecule has 2 heterocycles. The molecule has 2 aromatic rings. The fourth-order valence-corrected chi connectivity index (χ4v) is 2.33. The van der Waals surface area contributed by atoms with Gasteiger partial charge in [-0.05, 0) is 36.5 Å². The largest absolute Gasteiger partial charge is 0.409 e. The van der Waals surface area contributed by atoms with E-state index in [4.69, 9.17) is 21.4 Å². The van der Waals surface area contributed by atoms with Gasteiger partial charge in [-0.25, -0.2) is 4.39 Å². The molecule has 20 heavy (non-hydrogen) atoms. The minimum atomic E-state index is -0.287. The number of hydrogen-bond acceptors (Lipinski definition) is 4. The smallest absolute Gasteiger partial charge is 0.292 e. The van der Waals surface area contributed by atoms with Crippen molar-refractivity contribution in [3.05, 3.63) is 34.9 Å². The summed E-state index contributed by atoms with van der Waals surface area (Å²) >= 11 is 5.18. The van der Waals surface area contributed by atoms with E-state index in [9.17, 15) is 4.39 Å². The van der Waals surface area contributed by atoms with E-state index in [2.05, 4.69) is 5.10 Å². The molecule has 0 amide bonds. The standard InChI is InChI=1S/C13H14FN3O2S/c14-11-3-1-10(2-4-11)12-15-17(13(20)19-12)9-16-5-7-18-8-6-16/h1-4H,5-9H2/p+1. The third-order valence-corrected chi connectivity index (χ3v) is 3.56. The van der Waals surface area contributed by atoms with Crippen molar-refractivity contribution in [3.63, 3.8) is 0 Å². The summed E-state index contributed by atoms with van der Waals surface area (Å²) in [7, 11) is 0. The molecule has 1 saturated heterocycles. The molecule has 1 aliphatic rings. The monoisotopic (exact) mass is 296 g/mol. The number of nitrogens with zero attached hydrogens (tertiary/aromatic N) is 2. The van der Waals surface area contributed by atoms with Gasteiger partial charge in [-0.3, -0.25) is 0 Å². The van der Waals surface area contributed by atoms with Gasteiger partial charge in [-0.2, -0.15) is 4.68 Å². The van der Waals surface area contributed by atoms with Crippen LogP contribution in [0, 0.1) is 10.7 Å². The highest BCUT2D eigenvalue weighted by atomic mass is 32.1. The molecule has 0 bridgehead atoms. The maximum Gasteiger partial charge on any atom is 0.292 e. The summed E-state index contributed by atoms with van der Waals surface area (Å²) < 4.78 is 25.4. The highest BCUT2D eigenvalue weighted by Crippen LogP contribution is 2.17. The van der Waals surface area contributed by atoms with Crippen LogP contribution in [0.3, 0.4) is 0 Å². The first-order chi connectivity index (χ1) is 9.72. The third-order valence-electron chi connectivity index (χ3n) is 3.27. The minimum absolute atomic E-state index is 0.287. The van der Waals surface area contributed by atoms with Gasteiger partial charge in [0.2, 0.25) is 5.89 Å². The Labute approximate surface area is 120 Å². The average Bonchev–Trinajstić information content (AvgIpc) is 2.82. The van der Waals surface area contributed by atoms with Crippen molar-refractivity contribution in [2.24, 2.45) is 0 Å². The predicted molar refractivity (Wildman–Crippen MR) is 72.2 cm³/mol. The summed E-state index contributed by atoms with van der Waals surface area (Å²) in [6.45, 7) is 4.03. The van der Waals surface area contributed by atoms with Crippen molar-refractivity contribution in [1.82, 2.24) is 9.78 Å². The van der Waals surface area contributed by atoms with Crippen molar-refractivity contribution < 1.29 is 18.4 Å². The number of quaternary nitrogens is 1. The Kier molecular flexibility index (Phi) is 3.90. The number of rotatable bonds is 3. The maximum atomic E-state index is 12.9. The quantitative estimate of drug-likeness (QED) is 0.854. The first kappa shape index (κ1) is 13.4. The van der Waals surface area contributed by atoms with Crippen LogP contribution >= 0.6 is 12.2 Å². The van der Waals surface area contributed by atoms with Crippen molar-refractivity contribution in [2.45, 2.75) is 6.67 Å². The lowest BCUT2D eigenvalue weighted by molar-refractivity contribution is -0.931. The van der Waals surface area contributed by atoms with Crippen molar-refractivity contribution >= 4 is 12.2 Å². The van der Waals surface area contributed by atoms with Crippen molar-refractivity contribution in [3.8, 4) is 11.5 Å². The molecule has 106 valence electrons. The molecule has 5 nitrogen and oxygen atoms in total. The Morgan fingerprint density at radius 1 is 1.25 bits per heavy atom. The highest BCUT2D eigenvalue weighted by molar-refractivity contribution is 7.71. The molecule has 0 spiro atoms. The fraction of sp³-hybridized carbons (Fsp3) is 0.385. The van der Waals surface area contributed by atoms with E-state index in [1.165, 1.54) is 17.0 Å². The van der Waals surface area contributed by atoms with Crippen LogP contribution < -0.4 is 4.90 Å². The van der Waals surface area contributed by atoms with Gasteiger partial charge in [0.1, 0.15) is 18.9 Å². The Balaban J connectivity index is 1.79. The number of nitrogens with one attached hydrogen (secondary N) is 1. The number of hydrogen-bond donors (Lipinski definition) is 1. The van der Waals surface area contributed by atoms with Gasteiger partial charge in [-0.15, -0.1) is 5.10 Å². The van der Waals surface area contributed by atoms with E-state index in [-0.39, 0.29) is 5.82 Å². The lowest BCUT2D eigenvalue weighted by atomic mass is 10.2. The minimum Gasteiger partial charge on any atom is -0.409 e. The number of halogens is 1. The predicted octanol–water partition coefficient (Wildman–Crippen LogP) is 0.884. The molecule has 7 heteroatoms. The third kappa shape index (κ3) is 2.95. The molecule has 1 aromatic heterocycles. The zero-order chi connectivity index (χ0) is 13.9. The first-order valence-corrected chi connectivity index (χ1v) is 6.88. The molecular formula is C13H15FN3O2S+. The highest BCUT2D eigenvalue weighted by Gasteiger charge is 2.17. The van der Waals surface area contributed by atoms with Gasteiger partial charge >= 0.3 is 0 Å². The van der Waals surface area contributed by atoms with Crippen LogP contribution in [0.1, 0.15) is 0 Å². The van der Waals surface area contributed by atoms with Crippen LogP contribution in [-0.4, -0.2) is 36.1 Å². The zero-order valence-corrected chi connectivity index (χ0v) is 11.7. The normalized spacial score (nSPS) is 16.4. The van der Waals surface area contributed by atoms with E-state index >= 15 is 0 Å². The summed E-state index contributed by atoms with van der Waals surface area (Å²) in [6.07, 6.45) is 0.